The predicted molar refractivity (Wildman–Crippen MR) is 175 cm³/mol. The zero-order chi connectivity index (χ0) is 30.2. The van der Waals surface area contributed by atoms with Crippen LogP contribution in [0.5, 0.6) is 5.75 Å². The number of rotatable bonds is 2. The number of hydrogen-bond acceptors (Lipinski definition) is 1. The lowest BCUT2D eigenvalue weighted by Gasteiger charge is -2.35. The lowest BCUT2D eigenvalue weighted by atomic mass is 9.70. The highest BCUT2D eigenvalue weighted by Crippen LogP contribution is 2.59. The van der Waals surface area contributed by atoms with Gasteiger partial charge in [-0.2, -0.15) is 0 Å². The van der Waals surface area contributed by atoms with E-state index in [0.717, 1.165) is 11.1 Å². The van der Waals surface area contributed by atoms with E-state index in [0.29, 0.717) is 35.3 Å². The van der Waals surface area contributed by atoms with Crippen LogP contribution in [0.1, 0.15) is 114 Å². The largest absolute Gasteiger partial charge is 0.507 e. The summed E-state index contributed by atoms with van der Waals surface area (Å²) in [6.07, 6.45) is 15.0. The average Bonchev–Trinajstić information content (AvgIpc) is 3.10. The maximum Gasteiger partial charge on any atom is 0.126 e. The predicted octanol–water partition coefficient (Wildman–Crippen LogP) is 11.0. The monoisotopic (exact) mass is 540 g/mol. The molecule has 3 aliphatic carbocycles. The number of hydrogen-bond donors (Lipinski definition) is 1. The Morgan fingerprint density at radius 1 is 0.600 bits per heavy atom. The molecule has 1 N–H and O–H groups in total. The second-order valence-corrected chi connectivity index (χ2v) is 17.1. The Kier molecular flexibility index (Phi) is 7.61. The molecule has 4 atom stereocenters. The molecule has 1 heteroatoms. The van der Waals surface area contributed by atoms with E-state index < -0.39 is 0 Å². The number of fused-ring (bicyclic) bond motifs is 3. The SMILES string of the molecule is CC(C)=C(c1cc(C(C)(C)C)cc(C(C)(C)C)c1O)C1C2C=C(C(C)(C)C)C=CC2C2C=CC(C(C)(C)C)=CC21. The molecule has 4 rings (SSSR count). The van der Waals surface area contributed by atoms with Gasteiger partial charge in [0.15, 0.2) is 0 Å². The van der Waals surface area contributed by atoms with E-state index in [2.05, 4.69) is 146 Å². The molecule has 0 amide bonds. The van der Waals surface area contributed by atoms with Gasteiger partial charge >= 0.3 is 0 Å². The van der Waals surface area contributed by atoms with Crippen molar-refractivity contribution in [2.45, 2.75) is 108 Å². The Hall–Kier alpha value is -2.28. The molecule has 0 heterocycles. The molecule has 1 aromatic rings. The Balaban J connectivity index is 2.03. The second kappa shape index (κ2) is 9.92. The summed E-state index contributed by atoms with van der Waals surface area (Å²) in [5.74, 6) is 2.44. The Morgan fingerprint density at radius 2 is 1.05 bits per heavy atom. The van der Waals surface area contributed by atoms with E-state index >= 15 is 0 Å². The van der Waals surface area contributed by atoms with Gasteiger partial charge in [0, 0.05) is 11.1 Å². The highest BCUT2D eigenvalue weighted by molar-refractivity contribution is 5.78. The lowest BCUT2D eigenvalue weighted by molar-refractivity contribution is 0.429. The quantitative estimate of drug-likeness (QED) is 0.395. The number of phenols is 1. The molecule has 1 aromatic carbocycles. The molecule has 1 saturated carbocycles. The van der Waals surface area contributed by atoms with Crippen LogP contribution in [0.4, 0.5) is 0 Å². The van der Waals surface area contributed by atoms with Gasteiger partial charge in [-0.15, -0.1) is 0 Å². The summed E-state index contributed by atoms with van der Waals surface area (Å²) in [4.78, 5) is 0. The summed E-state index contributed by atoms with van der Waals surface area (Å²) in [5.41, 5.74) is 8.91. The van der Waals surface area contributed by atoms with Crippen LogP contribution < -0.4 is 0 Å². The van der Waals surface area contributed by atoms with Crippen LogP contribution in [-0.4, -0.2) is 5.11 Å². The van der Waals surface area contributed by atoms with Gasteiger partial charge in [0.1, 0.15) is 5.75 Å². The fraction of sp³-hybridized carbons (Fsp3) is 0.590. The lowest BCUT2D eigenvalue weighted by Crippen LogP contribution is -2.24. The zero-order valence-electron chi connectivity index (χ0n) is 28.0. The van der Waals surface area contributed by atoms with Crippen molar-refractivity contribution in [1.82, 2.24) is 0 Å². The van der Waals surface area contributed by atoms with E-state index in [4.69, 9.17) is 0 Å². The minimum Gasteiger partial charge on any atom is -0.507 e. The fourth-order valence-electron chi connectivity index (χ4n) is 7.16. The van der Waals surface area contributed by atoms with Gasteiger partial charge in [-0.05, 0) is 93.4 Å². The van der Waals surface area contributed by atoms with E-state index in [1.165, 1.54) is 27.9 Å². The molecule has 0 aliphatic heterocycles. The molecule has 1 fully saturated rings. The van der Waals surface area contributed by atoms with Crippen LogP contribution in [0.2, 0.25) is 0 Å². The summed E-state index contributed by atoms with van der Waals surface area (Å²) < 4.78 is 0. The molecule has 0 bridgehead atoms. The molecule has 4 unspecified atom stereocenters. The first kappa shape index (κ1) is 30.7. The van der Waals surface area contributed by atoms with Crippen LogP contribution in [0.25, 0.3) is 5.57 Å². The van der Waals surface area contributed by atoms with E-state index in [1.54, 1.807) is 0 Å². The second-order valence-electron chi connectivity index (χ2n) is 17.1. The van der Waals surface area contributed by atoms with Gasteiger partial charge < -0.3 is 5.11 Å². The molecule has 218 valence electrons. The van der Waals surface area contributed by atoms with Gasteiger partial charge in [-0.3, -0.25) is 0 Å². The number of allylic oxidation sites excluding steroid dienone is 10. The highest BCUT2D eigenvalue weighted by Gasteiger charge is 2.51. The minimum atomic E-state index is -0.159. The van der Waals surface area contributed by atoms with Crippen LogP contribution >= 0.6 is 0 Å². The topological polar surface area (TPSA) is 20.2 Å². The summed E-state index contributed by atoms with van der Waals surface area (Å²) in [5, 5.41) is 12.1. The van der Waals surface area contributed by atoms with Gasteiger partial charge in [-0.25, -0.2) is 0 Å². The van der Waals surface area contributed by atoms with E-state index in [9.17, 15) is 5.11 Å². The zero-order valence-corrected chi connectivity index (χ0v) is 28.0. The van der Waals surface area contributed by atoms with Gasteiger partial charge in [-0.1, -0.05) is 131 Å². The van der Waals surface area contributed by atoms with Crippen molar-refractivity contribution in [1.29, 1.82) is 0 Å². The van der Waals surface area contributed by atoms with Gasteiger partial charge in [0.25, 0.3) is 0 Å². The molecule has 0 aromatic heterocycles. The molecule has 3 aliphatic rings. The molecule has 0 saturated heterocycles. The molecule has 0 radical (unpaired) electrons. The third-order valence-electron chi connectivity index (χ3n) is 9.58. The third kappa shape index (κ3) is 5.60. The number of aromatic hydroxyl groups is 1. The first-order valence-electron chi connectivity index (χ1n) is 15.5. The van der Waals surface area contributed by atoms with Crippen molar-refractivity contribution < 1.29 is 5.11 Å². The van der Waals surface area contributed by atoms with Crippen LogP contribution in [0.3, 0.4) is 0 Å². The smallest absolute Gasteiger partial charge is 0.126 e. The van der Waals surface area contributed by atoms with Crippen molar-refractivity contribution >= 4 is 5.57 Å². The first-order valence-corrected chi connectivity index (χ1v) is 15.5. The summed E-state index contributed by atoms with van der Waals surface area (Å²) in [6, 6.07) is 4.57. The van der Waals surface area contributed by atoms with Crippen LogP contribution in [-0.2, 0) is 10.8 Å². The highest BCUT2D eigenvalue weighted by atomic mass is 16.3. The maximum atomic E-state index is 12.1. The van der Waals surface area contributed by atoms with Crippen molar-refractivity contribution in [2.75, 3.05) is 0 Å². The van der Waals surface area contributed by atoms with E-state index in [1.807, 2.05) is 0 Å². The normalized spacial score (nSPS) is 26.7. The third-order valence-corrected chi connectivity index (χ3v) is 9.58. The molecular formula is C39H56O. The van der Waals surface area contributed by atoms with Crippen LogP contribution in [0.15, 0.2) is 65.3 Å². The van der Waals surface area contributed by atoms with Crippen molar-refractivity contribution in [2.24, 2.45) is 40.4 Å². The number of benzene rings is 1. The molecular weight excluding hydrogens is 484 g/mol. The van der Waals surface area contributed by atoms with Gasteiger partial charge in [0.2, 0.25) is 0 Å². The molecule has 40 heavy (non-hydrogen) atoms. The summed E-state index contributed by atoms with van der Waals surface area (Å²) >= 11 is 0. The van der Waals surface area contributed by atoms with Crippen molar-refractivity contribution in [3.8, 4) is 5.75 Å². The van der Waals surface area contributed by atoms with Crippen molar-refractivity contribution in [3.63, 3.8) is 0 Å². The first-order chi connectivity index (χ1) is 18.1. The summed E-state index contributed by atoms with van der Waals surface area (Å²) in [6.45, 7) is 32.0. The van der Waals surface area contributed by atoms with Crippen LogP contribution in [0, 0.1) is 40.4 Å². The maximum absolute atomic E-state index is 12.1. The van der Waals surface area contributed by atoms with E-state index in [-0.39, 0.29) is 21.7 Å². The Labute approximate surface area is 246 Å². The number of phenolic OH excluding ortho intramolecular Hbond substituents is 1. The Morgan fingerprint density at radius 3 is 1.40 bits per heavy atom. The molecule has 1 nitrogen and oxygen atoms in total. The van der Waals surface area contributed by atoms with Crippen molar-refractivity contribution in [3.05, 3.63) is 82.0 Å². The molecule has 0 spiro atoms. The minimum absolute atomic E-state index is 0.0181. The fourth-order valence-corrected chi connectivity index (χ4v) is 7.16. The summed E-state index contributed by atoms with van der Waals surface area (Å²) in [7, 11) is 0. The van der Waals surface area contributed by atoms with Gasteiger partial charge in [0.05, 0.1) is 0 Å². The standard InChI is InChI=1S/C39H56O/c1-23(2)33(31-21-26(38(9,10)11)22-32(35(31)40)39(12,13)14)34-29-19-24(36(3,4)5)15-17-27(29)28-18-16-25(20-30(28)34)37(6,7)8/h15-22,27-30,34,40H,1-14H3. The average molecular weight is 541 g/mol. The Bertz CT molecular complexity index is 1250.